The molecule has 2 heterocycles. The Bertz CT molecular complexity index is 2970. The number of aryl methyl sites for hydroxylation is 2. The van der Waals surface area contributed by atoms with Crippen LogP contribution in [0.1, 0.15) is 61.8 Å². The maximum absolute atomic E-state index is 11.1. The van der Waals surface area contributed by atoms with Crippen LogP contribution in [-0.4, -0.2) is 19.6 Å². The van der Waals surface area contributed by atoms with Crippen LogP contribution < -0.4 is 0 Å². The number of phenolic OH excluding ortho intramolecular Hbond substituents is 1. The summed E-state index contributed by atoms with van der Waals surface area (Å²) in [7, 11) is 0. The Morgan fingerprint density at radius 2 is 1.15 bits per heavy atom. The fourth-order valence-electron chi connectivity index (χ4n) is 9.15. The fraction of sp³-hybridized carbons (Fsp3) is 0.143. The Morgan fingerprint density at radius 1 is 0.541 bits per heavy atom. The summed E-state index contributed by atoms with van der Waals surface area (Å²) in [6, 6.07) is 59.5. The molecule has 1 aliphatic carbocycles. The molecule has 0 atom stereocenters. The topological polar surface area (TPSA) is 50.9 Å². The Balaban J connectivity index is 0.00000476. The van der Waals surface area contributed by atoms with Crippen LogP contribution in [0, 0.1) is 6.07 Å². The zero-order valence-electron chi connectivity index (χ0n) is 34.8. The number of aromatic hydroxyl groups is 1. The number of imidazole rings is 1. The summed E-state index contributed by atoms with van der Waals surface area (Å²) < 4.78 is 2.28. The van der Waals surface area contributed by atoms with Gasteiger partial charge in [-0.15, -0.1) is 29.1 Å². The van der Waals surface area contributed by atoms with Crippen LogP contribution >= 0.6 is 0 Å². The molecule has 4 nitrogen and oxygen atoms in total. The van der Waals surface area contributed by atoms with Crippen molar-refractivity contribution in [2.24, 2.45) is 0 Å². The van der Waals surface area contributed by atoms with Crippen LogP contribution in [0.4, 0.5) is 0 Å². The molecule has 302 valence electrons. The SMILES string of the molecule is CC(C)c1cccc(C(C)C)c1-c1[c-]c2c(-c3nc(-c4ccc5c(n4)-c4c(O)cccc4CC5)cn3-c3c(-c4ccccc4)cccc3-c3ccccc3)cccc2cc1.[Pt]. The zero-order chi connectivity index (χ0) is 40.9. The Morgan fingerprint density at radius 3 is 1.82 bits per heavy atom. The van der Waals surface area contributed by atoms with Crippen LogP contribution in [0.3, 0.4) is 0 Å². The molecule has 10 rings (SSSR count). The quantitative estimate of drug-likeness (QED) is 0.154. The molecule has 0 fully saturated rings. The summed E-state index contributed by atoms with van der Waals surface area (Å²) >= 11 is 0. The van der Waals surface area contributed by atoms with Crippen LogP contribution in [0.25, 0.3) is 83.9 Å². The monoisotopic (exact) mass is 971 g/mol. The molecule has 61 heavy (non-hydrogen) atoms. The van der Waals surface area contributed by atoms with E-state index < -0.39 is 0 Å². The van der Waals surface area contributed by atoms with Crippen molar-refractivity contribution in [2.75, 3.05) is 0 Å². The van der Waals surface area contributed by atoms with Gasteiger partial charge < -0.3 is 9.67 Å². The van der Waals surface area contributed by atoms with Crippen LogP contribution in [0.15, 0.2) is 164 Å². The average molecular weight is 972 g/mol. The molecule has 0 saturated heterocycles. The van der Waals surface area contributed by atoms with E-state index in [0.717, 1.165) is 102 Å². The van der Waals surface area contributed by atoms with Crippen molar-refractivity contribution in [1.29, 1.82) is 0 Å². The first-order chi connectivity index (χ1) is 29.3. The van der Waals surface area contributed by atoms with E-state index >= 15 is 0 Å². The molecule has 9 aromatic rings. The van der Waals surface area contributed by atoms with Gasteiger partial charge in [-0.05, 0) is 64.6 Å². The molecule has 0 aliphatic heterocycles. The van der Waals surface area contributed by atoms with E-state index in [2.05, 4.69) is 190 Å². The maximum atomic E-state index is 11.1. The smallest absolute Gasteiger partial charge is 0.125 e. The van der Waals surface area contributed by atoms with Crippen molar-refractivity contribution in [2.45, 2.75) is 52.4 Å². The summed E-state index contributed by atoms with van der Waals surface area (Å²) in [5.41, 5.74) is 16.8. The van der Waals surface area contributed by atoms with E-state index in [-0.39, 0.29) is 26.8 Å². The van der Waals surface area contributed by atoms with Gasteiger partial charge in [0.2, 0.25) is 0 Å². The zero-order valence-corrected chi connectivity index (χ0v) is 37.0. The van der Waals surface area contributed by atoms with Crippen molar-refractivity contribution in [3.05, 3.63) is 192 Å². The Kier molecular flexibility index (Phi) is 10.9. The second-order valence-electron chi connectivity index (χ2n) is 16.5. The van der Waals surface area contributed by atoms with Gasteiger partial charge in [-0.25, -0.2) is 9.97 Å². The summed E-state index contributed by atoms with van der Waals surface area (Å²) in [5.74, 6) is 1.76. The van der Waals surface area contributed by atoms with Gasteiger partial charge in [0.15, 0.2) is 0 Å². The number of rotatable bonds is 8. The maximum Gasteiger partial charge on any atom is 0.125 e. The van der Waals surface area contributed by atoms with E-state index in [9.17, 15) is 5.11 Å². The molecular weight excluding hydrogens is 926 g/mol. The third-order valence-corrected chi connectivity index (χ3v) is 12.1. The van der Waals surface area contributed by atoms with Gasteiger partial charge in [0.05, 0.1) is 17.1 Å². The minimum atomic E-state index is 0. The molecule has 0 bridgehead atoms. The fourth-order valence-corrected chi connectivity index (χ4v) is 9.15. The number of pyridine rings is 1. The minimum Gasteiger partial charge on any atom is -0.507 e. The second-order valence-corrected chi connectivity index (χ2v) is 16.5. The number of hydrogen-bond donors (Lipinski definition) is 1. The third kappa shape index (κ3) is 7.23. The Hall–Kier alpha value is -6.35. The molecule has 0 radical (unpaired) electrons. The normalized spacial score (nSPS) is 12.0. The molecular formula is C56H46N3OPt-. The Labute approximate surface area is 372 Å². The van der Waals surface area contributed by atoms with Crippen molar-refractivity contribution in [3.63, 3.8) is 0 Å². The first-order valence-corrected chi connectivity index (χ1v) is 21.1. The van der Waals surface area contributed by atoms with Crippen molar-refractivity contribution in [3.8, 4) is 78.9 Å². The summed E-state index contributed by atoms with van der Waals surface area (Å²) in [6.45, 7) is 9.10. The molecule has 0 spiro atoms. The van der Waals surface area contributed by atoms with Crippen molar-refractivity contribution in [1.82, 2.24) is 14.5 Å². The number of fused-ring (bicyclic) bond motifs is 4. The molecule has 5 heteroatoms. The van der Waals surface area contributed by atoms with Gasteiger partial charge in [0.25, 0.3) is 0 Å². The molecule has 0 saturated carbocycles. The predicted molar refractivity (Wildman–Crippen MR) is 248 cm³/mol. The number of para-hydroxylation sites is 1. The van der Waals surface area contributed by atoms with Gasteiger partial charge in [0.1, 0.15) is 17.3 Å². The molecule has 2 aromatic heterocycles. The number of aromatic nitrogens is 3. The average Bonchev–Trinajstić information content (AvgIpc) is 3.73. The molecule has 0 amide bonds. The molecule has 7 aromatic carbocycles. The first kappa shape index (κ1) is 40.1. The van der Waals surface area contributed by atoms with E-state index in [1.807, 2.05) is 6.07 Å². The van der Waals surface area contributed by atoms with Crippen LogP contribution in [-0.2, 0) is 33.9 Å². The third-order valence-electron chi connectivity index (χ3n) is 12.1. The minimum absolute atomic E-state index is 0. The predicted octanol–water partition coefficient (Wildman–Crippen LogP) is 14.3. The van der Waals surface area contributed by atoms with Crippen molar-refractivity contribution < 1.29 is 26.2 Å². The van der Waals surface area contributed by atoms with Gasteiger partial charge >= 0.3 is 0 Å². The largest absolute Gasteiger partial charge is 0.507 e. The molecule has 1 N–H and O–H groups in total. The van der Waals surface area contributed by atoms with Crippen LogP contribution in [0.5, 0.6) is 5.75 Å². The molecule has 1 aliphatic rings. The van der Waals surface area contributed by atoms with E-state index in [4.69, 9.17) is 9.97 Å². The first-order valence-electron chi connectivity index (χ1n) is 21.1. The second kappa shape index (κ2) is 16.6. The van der Waals surface area contributed by atoms with E-state index in [1.165, 1.54) is 16.7 Å². The number of hydrogen-bond acceptors (Lipinski definition) is 3. The van der Waals surface area contributed by atoms with Gasteiger partial charge in [-0.3, -0.25) is 0 Å². The number of nitrogens with zero attached hydrogens (tertiary/aromatic N) is 3. The van der Waals surface area contributed by atoms with E-state index in [1.54, 1.807) is 6.07 Å². The van der Waals surface area contributed by atoms with Crippen LogP contribution in [0.2, 0.25) is 0 Å². The standard InChI is InChI=1S/C56H46N3O.Pt/c1-35(2)43-21-13-22-44(36(3)4)52(43)42-30-27-39-19-11-25-47(48(39)33-42)56-58-50(49-32-31-41-29-28-40-20-12-26-51(60)53(40)54(41)57-49)34-59(56)55-45(37-15-7-5-8-16-37)23-14-24-46(55)38-17-9-6-10-18-38;/h5-27,30-32,34-36,60H,28-29H2,1-4H3;/q-1;. The van der Waals surface area contributed by atoms with Gasteiger partial charge in [0, 0.05) is 44.0 Å². The van der Waals surface area contributed by atoms with E-state index in [0.29, 0.717) is 11.8 Å². The van der Waals surface area contributed by atoms with Crippen molar-refractivity contribution >= 4 is 10.8 Å². The number of benzene rings is 7. The summed E-state index contributed by atoms with van der Waals surface area (Å²) in [4.78, 5) is 10.9. The number of phenols is 1. The van der Waals surface area contributed by atoms with Gasteiger partial charge in [-0.1, -0.05) is 183 Å². The molecule has 0 unspecified atom stereocenters. The summed E-state index contributed by atoms with van der Waals surface area (Å²) in [6.07, 6.45) is 3.89. The van der Waals surface area contributed by atoms with Gasteiger partial charge in [-0.2, -0.15) is 0 Å². The summed E-state index contributed by atoms with van der Waals surface area (Å²) in [5, 5.41) is 13.2.